The zero-order chi connectivity index (χ0) is 18.8. The SMILES string of the molecule is Cc1ccc(CN(C(=N)Br)C(=N)CC(C)(C)C(=O)O)c2ccccc12. The minimum absolute atomic E-state index is 0.0418. The number of halogens is 1. The number of aryl methyl sites for hydroxylation is 1. The number of hydrogen-bond acceptors (Lipinski definition) is 3. The highest BCUT2D eigenvalue weighted by Crippen LogP contribution is 2.26. The molecule has 5 nitrogen and oxygen atoms in total. The molecule has 0 amide bonds. The van der Waals surface area contributed by atoms with Crippen LogP contribution in [0.5, 0.6) is 0 Å². The number of rotatable bonds is 5. The predicted octanol–water partition coefficient (Wildman–Crippen LogP) is 4.76. The van der Waals surface area contributed by atoms with Crippen molar-refractivity contribution < 1.29 is 9.90 Å². The Morgan fingerprint density at radius 3 is 2.32 bits per heavy atom. The molecule has 25 heavy (non-hydrogen) atoms. The Bertz CT molecular complexity index is 846. The van der Waals surface area contributed by atoms with Crippen molar-refractivity contribution >= 4 is 43.3 Å². The number of carboxylic acid groups (broad SMARTS) is 1. The minimum Gasteiger partial charge on any atom is -0.481 e. The summed E-state index contributed by atoms with van der Waals surface area (Å²) in [4.78, 5) is 12.8. The van der Waals surface area contributed by atoms with Crippen molar-refractivity contribution in [3.05, 3.63) is 47.5 Å². The molecule has 0 atom stereocenters. The van der Waals surface area contributed by atoms with Crippen LogP contribution in [0.1, 0.15) is 31.4 Å². The highest BCUT2D eigenvalue weighted by Gasteiger charge is 2.31. The molecule has 0 unspecified atom stereocenters. The van der Waals surface area contributed by atoms with E-state index in [1.54, 1.807) is 13.8 Å². The fraction of sp³-hybridized carbons (Fsp3) is 0.316. The number of aliphatic carboxylic acids is 1. The molecule has 132 valence electrons. The van der Waals surface area contributed by atoms with Crippen LogP contribution < -0.4 is 0 Å². The molecule has 0 bridgehead atoms. The predicted molar refractivity (Wildman–Crippen MR) is 105 cm³/mol. The third kappa shape index (κ3) is 4.25. The zero-order valence-corrected chi connectivity index (χ0v) is 16.1. The summed E-state index contributed by atoms with van der Waals surface area (Å²) >= 11 is 3.14. The molecule has 0 saturated carbocycles. The van der Waals surface area contributed by atoms with Crippen LogP contribution in [0.25, 0.3) is 10.8 Å². The molecule has 0 aliphatic rings. The van der Waals surface area contributed by atoms with Gasteiger partial charge in [0.2, 0.25) is 0 Å². The summed E-state index contributed by atoms with van der Waals surface area (Å²) < 4.78 is 0.0448. The van der Waals surface area contributed by atoms with Gasteiger partial charge in [0.1, 0.15) is 5.84 Å². The van der Waals surface area contributed by atoms with Crippen molar-refractivity contribution in [2.75, 3.05) is 0 Å². The third-order valence-corrected chi connectivity index (χ3v) is 4.74. The van der Waals surface area contributed by atoms with Gasteiger partial charge in [0.05, 0.1) is 12.0 Å². The molecule has 0 heterocycles. The minimum atomic E-state index is -1.06. The largest absolute Gasteiger partial charge is 0.481 e. The van der Waals surface area contributed by atoms with Gasteiger partial charge < -0.3 is 10.0 Å². The van der Waals surface area contributed by atoms with Crippen LogP contribution in [0, 0.1) is 23.2 Å². The second kappa shape index (κ2) is 7.35. The van der Waals surface area contributed by atoms with E-state index in [9.17, 15) is 9.90 Å². The Hall–Kier alpha value is -2.21. The van der Waals surface area contributed by atoms with Crippen molar-refractivity contribution in [1.82, 2.24) is 4.90 Å². The monoisotopic (exact) mass is 403 g/mol. The first kappa shape index (κ1) is 19.1. The van der Waals surface area contributed by atoms with E-state index in [1.165, 1.54) is 10.5 Å². The normalized spacial score (nSPS) is 11.4. The second-order valence-electron chi connectivity index (χ2n) is 6.78. The van der Waals surface area contributed by atoms with Gasteiger partial charge in [-0.15, -0.1) is 0 Å². The molecule has 0 aliphatic carbocycles. The number of carbonyl (C=O) groups is 1. The van der Waals surface area contributed by atoms with E-state index < -0.39 is 11.4 Å². The first-order valence-corrected chi connectivity index (χ1v) is 8.72. The Morgan fingerprint density at radius 1 is 1.16 bits per heavy atom. The average Bonchev–Trinajstić information content (AvgIpc) is 2.53. The highest BCUT2D eigenvalue weighted by atomic mass is 79.9. The quantitative estimate of drug-likeness (QED) is 0.382. The fourth-order valence-electron chi connectivity index (χ4n) is 2.69. The lowest BCUT2D eigenvalue weighted by molar-refractivity contribution is -0.146. The summed E-state index contributed by atoms with van der Waals surface area (Å²) in [6.45, 7) is 5.55. The summed E-state index contributed by atoms with van der Waals surface area (Å²) in [7, 11) is 0. The summed E-state index contributed by atoms with van der Waals surface area (Å²) in [5.41, 5.74) is 1.10. The lowest BCUT2D eigenvalue weighted by Gasteiger charge is -2.28. The van der Waals surface area contributed by atoms with Gasteiger partial charge >= 0.3 is 5.97 Å². The molecule has 0 aromatic heterocycles. The Labute approximate surface area is 155 Å². The second-order valence-corrected chi connectivity index (χ2v) is 7.53. The molecule has 2 aromatic rings. The van der Waals surface area contributed by atoms with Crippen LogP contribution in [-0.4, -0.2) is 26.6 Å². The van der Waals surface area contributed by atoms with Crippen LogP contribution in [0.4, 0.5) is 0 Å². The number of nitrogens with zero attached hydrogens (tertiary/aromatic N) is 1. The topological polar surface area (TPSA) is 88.2 Å². The number of nitrogens with one attached hydrogen (secondary N) is 2. The molecule has 0 saturated heterocycles. The van der Waals surface area contributed by atoms with Crippen molar-refractivity contribution in [2.45, 2.75) is 33.7 Å². The van der Waals surface area contributed by atoms with Gasteiger partial charge in [0, 0.05) is 6.42 Å². The summed E-state index contributed by atoms with van der Waals surface area (Å²) in [5.74, 6) is -0.863. The molecule has 0 spiro atoms. The Kier molecular flexibility index (Phi) is 5.62. The van der Waals surface area contributed by atoms with E-state index in [1.807, 2.05) is 37.3 Å². The molecule has 0 aliphatic heterocycles. The lowest BCUT2D eigenvalue weighted by Crippen LogP contribution is -2.37. The maximum atomic E-state index is 11.3. The van der Waals surface area contributed by atoms with Crippen LogP contribution >= 0.6 is 15.9 Å². The number of carboxylic acids is 1. The first-order valence-electron chi connectivity index (χ1n) is 7.93. The van der Waals surface area contributed by atoms with Crippen molar-refractivity contribution in [3.8, 4) is 0 Å². The van der Waals surface area contributed by atoms with Gasteiger partial charge in [-0.3, -0.25) is 15.6 Å². The van der Waals surface area contributed by atoms with Crippen LogP contribution in [-0.2, 0) is 11.3 Å². The average molecular weight is 404 g/mol. The van der Waals surface area contributed by atoms with E-state index in [0.717, 1.165) is 16.3 Å². The molecular formula is C19H22BrN3O2. The smallest absolute Gasteiger partial charge is 0.309 e. The summed E-state index contributed by atoms with van der Waals surface area (Å²) in [6, 6.07) is 12.1. The molecule has 0 radical (unpaired) electrons. The lowest BCUT2D eigenvalue weighted by atomic mass is 9.88. The first-order chi connectivity index (χ1) is 11.6. The number of benzene rings is 2. The standard InChI is InChI=1S/C19H22BrN3O2/c1-12-8-9-13(15-7-5-4-6-14(12)15)11-23(18(20)22)16(21)10-19(2,3)17(24)25/h4-9,21-22H,10-11H2,1-3H3,(H,24,25). The maximum Gasteiger partial charge on any atom is 0.309 e. The molecular weight excluding hydrogens is 382 g/mol. The van der Waals surface area contributed by atoms with Gasteiger partial charge in [-0.25, -0.2) is 0 Å². The van der Waals surface area contributed by atoms with E-state index in [2.05, 4.69) is 22.0 Å². The van der Waals surface area contributed by atoms with Crippen molar-refractivity contribution in [2.24, 2.45) is 5.41 Å². The number of fused-ring (bicyclic) bond motifs is 1. The summed E-state index contributed by atoms with van der Waals surface area (Å²) in [6.07, 6.45) is 0.0418. The molecule has 0 fully saturated rings. The van der Waals surface area contributed by atoms with Crippen LogP contribution in [0.2, 0.25) is 0 Å². The van der Waals surface area contributed by atoms with E-state index in [-0.39, 0.29) is 17.0 Å². The van der Waals surface area contributed by atoms with E-state index >= 15 is 0 Å². The number of hydrogen-bond donors (Lipinski definition) is 3. The highest BCUT2D eigenvalue weighted by molar-refractivity contribution is 9.18. The summed E-state index contributed by atoms with van der Waals surface area (Å²) in [5, 5.41) is 27.8. The van der Waals surface area contributed by atoms with E-state index in [0.29, 0.717) is 6.54 Å². The zero-order valence-electron chi connectivity index (χ0n) is 14.6. The molecule has 2 rings (SSSR count). The van der Waals surface area contributed by atoms with Crippen LogP contribution in [0.15, 0.2) is 36.4 Å². The van der Waals surface area contributed by atoms with Crippen molar-refractivity contribution in [3.63, 3.8) is 0 Å². The van der Waals surface area contributed by atoms with Gasteiger partial charge in [0.25, 0.3) is 0 Å². The maximum absolute atomic E-state index is 11.3. The molecule has 2 aromatic carbocycles. The van der Waals surface area contributed by atoms with E-state index in [4.69, 9.17) is 10.8 Å². The van der Waals surface area contributed by atoms with Crippen molar-refractivity contribution in [1.29, 1.82) is 10.8 Å². The van der Waals surface area contributed by atoms with Gasteiger partial charge in [-0.05, 0) is 58.6 Å². The molecule has 6 heteroatoms. The number of amidine groups is 2. The Morgan fingerprint density at radius 2 is 1.76 bits per heavy atom. The Balaban J connectivity index is 2.35. The van der Waals surface area contributed by atoms with Gasteiger partial charge in [-0.2, -0.15) is 0 Å². The fourth-order valence-corrected chi connectivity index (χ4v) is 3.03. The van der Waals surface area contributed by atoms with Gasteiger partial charge in [-0.1, -0.05) is 36.4 Å². The third-order valence-electron chi connectivity index (χ3n) is 4.31. The molecule has 3 N–H and O–H groups in total. The van der Waals surface area contributed by atoms with Crippen LogP contribution in [0.3, 0.4) is 0 Å². The van der Waals surface area contributed by atoms with Gasteiger partial charge in [0.15, 0.2) is 4.74 Å².